The van der Waals surface area contributed by atoms with Crippen molar-refractivity contribution in [1.82, 2.24) is 20.2 Å². The molecule has 7 nitrogen and oxygen atoms in total. The second-order valence-electron chi connectivity index (χ2n) is 7.10. The summed E-state index contributed by atoms with van der Waals surface area (Å²) >= 11 is 0. The number of hydrogen-bond acceptors (Lipinski definition) is 5. The normalized spacial score (nSPS) is 21.6. The van der Waals surface area contributed by atoms with Gasteiger partial charge in [-0.25, -0.2) is 4.79 Å². The zero-order valence-corrected chi connectivity index (χ0v) is 15.1. The maximum atomic E-state index is 12.5. The zero-order chi connectivity index (χ0) is 17.9. The van der Waals surface area contributed by atoms with Crippen LogP contribution < -0.4 is 11.0 Å². The molecule has 1 aliphatic rings. The lowest BCUT2D eigenvalue weighted by Crippen LogP contribution is -2.44. The van der Waals surface area contributed by atoms with Gasteiger partial charge in [-0.1, -0.05) is 13.8 Å². The molecule has 0 aromatic carbocycles. The Labute approximate surface area is 142 Å². The third kappa shape index (κ3) is 4.64. The lowest BCUT2D eigenvalue weighted by molar-refractivity contribution is 0.0750. The quantitative estimate of drug-likeness (QED) is 0.802. The van der Waals surface area contributed by atoms with Gasteiger partial charge in [0.1, 0.15) is 5.69 Å². The van der Waals surface area contributed by atoms with E-state index < -0.39 is 5.69 Å². The van der Waals surface area contributed by atoms with Crippen LogP contribution in [-0.4, -0.2) is 59.2 Å². The summed E-state index contributed by atoms with van der Waals surface area (Å²) in [4.78, 5) is 33.0. The topological polar surface area (TPSA) is 87.3 Å². The predicted octanol–water partition coefficient (Wildman–Crippen LogP) is 0.806. The molecule has 0 spiro atoms. The van der Waals surface area contributed by atoms with Crippen LogP contribution in [0.5, 0.6) is 0 Å². The van der Waals surface area contributed by atoms with E-state index in [4.69, 9.17) is 4.74 Å². The van der Waals surface area contributed by atoms with E-state index in [2.05, 4.69) is 47.9 Å². The van der Waals surface area contributed by atoms with Crippen LogP contribution >= 0.6 is 0 Å². The molecule has 1 aromatic rings. The van der Waals surface area contributed by atoms with Gasteiger partial charge in [-0.2, -0.15) is 4.98 Å². The Morgan fingerprint density at radius 3 is 2.71 bits per heavy atom. The van der Waals surface area contributed by atoms with Gasteiger partial charge in [-0.15, -0.1) is 0 Å². The molecule has 0 aliphatic carbocycles. The molecule has 134 valence electrons. The standard InChI is InChI=1S/C17H28N4O3/c1-10(2)6-12-7-13(20-17(23)18-12)16(22)19-14-8-21(11(3)4)9-15(14)24-5/h7,10-11,14-15H,6,8-9H2,1-5H3,(H,19,22)(H,18,20,23)/t14-,15-/m0/s1. The van der Waals surface area contributed by atoms with E-state index in [1.165, 1.54) is 0 Å². The van der Waals surface area contributed by atoms with Crippen molar-refractivity contribution in [2.24, 2.45) is 5.92 Å². The van der Waals surface area contributed by atoms with Gasteiger partial charge in [-0.05, 0) is 32.3 Å². The molecular weight excluding hydrogens is 308 g/mol. The van der Waals surface area contributed by atoms with Gasteiger partial charge in [0, 0.05) is 31.9 Å². The molecule has 1 saturated heterocycles. The second-order valence-corrected chi connectivity index (χ2v) is 7.10. The SMILES string of the molecule is CO[C@H]1CN(C(C)C)C[C@@H]1NC(=O)c1cc(CC(C)C)[nH]c(=O)n1. The monoisotopic (exact) mass is 336 g/mol. The summed E-state index contributed by atoms with van der Waals surface area (Å²) in [5.41, 5.74) is 0.401. The van der Waals surface area contributed by atoms with Crippen LogP contribution in [0.3, 0.4) is 0 Å². The van der Waals surface area contributed by atoms with Gasteiger partial charge in [0.2, 0.25) is 0 Å². The Morgan fingerprint density at radius 1 is 1.42 bits per heavy atom. The molecule has 0 radical (unpaired) electrons. The van der Waals surface area contributed by atoms with Crippen molar-refractivity contribution in [3.05, 3.63) is 27.9 Å². The van der Waals surface area contributed by atoms with Crippen LogP contribution in [0.4, 0.5) is 0 Å². The minimum atomic E-state index is -0.489. The van der Waals surface area contributed by atoms with Gasteiger partial charge in [0.05, 0.1) is 12.1 Å². The van der Waals surface area contributed by atoms with Crippen LogP contribution in [0, 0.1) is 5.92 Å². The first-order valence-electron chi connectivity index (χ1n) is 8.48. The summed E-state index contributed by atoms with van der Waals surface area (Å²) in [6.07, 6.45) is 0.636. The highest BCUT2D eigenvalue weighted by molar-refractivity contribution is 5.92. The summed E-state index contributed by atoms with van der Waals surface area (Å²) in [7, 11) is 1.65. The molecule has 2 N–H and O–H groups in total. The highest BCUT2D eigenvalue weighted by Gasteiger charge is 2.35. The van der Waals surface area contributed by atoms with Gasteiger partial charge in [0.25, 0.3) is 5.91 Å². The molecular formula is C17H28N4O3. The lowest BCUT2D eigenvalue weighted by Gasteiger charge is -2.20. The van der Waals surface area contributed by atoms with E-state index in [1.807, 2.05) is 0 Å². The third-order valence-corrected chi connectivity index (χ3v) is 4.31. The number of ether oxygens (including phenoxy) is 1. The molecule has 1 amide bonds. The molecule has 0 bridgehead atoms. The Morgan fingerprint density at radius 2 is 2.12 bits per heavy atom. The fourth-order valence-corrected chi connectivity index (χ4v) is 3.02. The van der Waals surface area contributed by atoms with E-state index >= 15 is 0 Å². The maximum Gasteiger partial charge on any atom is 0.345 e. The van der Waals surface area contributed by atoms with Crippen molar-refractivity contribution in [3.63, 3.8) is 0 Å². The molecule has 2 heterocycles. The van der Waals surface area contributed by atoms with Crippen molar-refractivity contribution in [2.45, 2.75) is 52.3 Å². The largest absolute Gasteiger partial charge is 0.378 e. The summed E-state index contributed by atoms with van der Waals surface area (Å²) < 4.78 is 5.50. The molecule has 24 heavy (non-hydrogen) atoms. The highest BCUT2D eigenvalue weighted by atomic mass is 16.5. The van der Waals surface area contributed by atoms with Crippen LogP contribution in [-0.2, 0) is 11.2 Å². The Hall–Kier alpha value is -1.73. The number of aromatic nitrogens is 2. The number of nitrogens with zero attached hydrogens (tertiary/aromatic N) is 2. The average molecular weight is 336 g/mol. The Balaban J connectivity index is 2.11. The second kappa shape index (κ2) is 7.90. The van der Waals surface area contributed by atoms with Gasteiger partial charge < -0.3 is 15.0 Å². The molecule has 7 heteroatoms. The number of H-pyrrole nitrogens is 1. The first-order chi connectivity index (χ1) is 11.3. The first kappa shape index (κ1) is 18.6. The van der Waals surface area contributed by atoms with Gasteiger partial charge in [-0.3, -0.25) is 9.69 Å². The summed E-state index contributed by atoms with van der Waals surface area (Å²) in [6.45, 7) is 9.85. The van der Waals surface area contributed by atoms with Crippen molar-refractivity contribution in [1.29, 1.82) is 0 Å². The Kier molecular flexibility index (Phi) is 6.12. The predicted molar refractivity (Wildman–Crippen MR) is 92.2 cm³/mol. The van der Waals surface area contributed by atoms with Crippen molar-refractivity contribution >= 4 is 5.91 Å². The van der Waals surface area contributed by atoms with Crippen molar-refractivity contribution in [3.8, 4) is 0 Å². The van der Waals surface area contributed by atoms with E-state index in [0.717, 1.165) is 18.8 Å². The smallest absolute Gasteiger partial charge is 0.345 e. The fourth-order valence-electron chi connectivity index (χ4n) is 3.02. The summed E-state index contributed by atoms with van der Waals surface area (Å²) in [6, 6.07) is 1.94. The summed E-state index contributed by atoms with van der Waals surface area (Å²) in [5, 5.41) is 2.97. The Bertz CT molecular complexity index is 627. The van der Waals surface area contributed by atoms with E-state index in [0.29, 0.717) is 18.4 Å². The molecule has 2 atom stereocenters. The van der Waals surface area contributed by atoms with Crippen LogP contribution in [0.15, 0.2) is 10.9 Å². The number of rotatable bonds is 6. The van der Waals surface area contributed by atoms with Gasteiger partial charge in [0.15, 0.2) is 0 Å². The molecule has 1 fully saturated rings. The first-order valence-corrected chi connectivity index (χ1v) is 8.48. The van der Waals surface area contributed by atoms with Crippen LogP contribution in [0.25, 0.3) is 0 Å². The average Bonchev–Trinajstić information content (AvgIpc) is 2.89. The van der Waals surface area contributed by atoms with Crippen LogP contribution in [0.1, 0.15) is 43.9 Å². The molecule has 2 rings (SSSR count). The molecule has 1 aromatic heterocycles. The highest BCUT2D eigenvalue weighted by Crippen LogP contribution is 2.16. The lowest BCUT2D eigenvalue weighted by atomic mass is 10.1. The number of aromatic amines is 1. The van der Waals surface area contributed by atoms with Crippen molar-refractivity contribution in [2.75, 3.05) is 20.2 Å². The van der Waals surface area contributed by atoms with Gasteiger partial charge >= 0.3 is 5.69 Å². The maximum absolute atomic E-state index is 12.5. The van der Waals surface area contributed by atoms with E-state index in [-0.39, 0.29) is 23.7 Å². The zero-order valence-electron chi connectivity index (χ0n) is 15.1. The van der Waals surface area contributed by atoms with E-state index in [9.17, 15) is 9.59 Å². The minimum Gasteiger partial charge on any atom is -0.378 e. The molecule has 0 unspecified atom stereocenters. The number of carbonyl (C=O) groups excluding carboxylic acids is 1. The number of hydrogen-bond donors (Lipinski definition) is 2. The summed E-state index contributed by atoms with van der Waals surface area (Å²) in [5.74, 6) is 0.0510. The van der Waals surface area contributed by atoms with Crippen molar-refractivity contribution < 1.29 is 9.53 Å². The fraction of sp³-hybridized carbons (Fsp3) is 0.706. The third-order valence-electron chi connectivity index (χ3n) is 4.31. The number of carbonyl (C=O) groups is 1. The number of methoxy groups -OCH3 is 1. The minimum absolute atomic E-state index is 0.0616. The number of amides is 1. The number of nitrogens with one attached hydrogen (secondary N) is 2. The van der Waals surface area contributed by atoms with E-state index in [1.54, 1.807) is 13.2 Å². The molecule has 0 saturated carbocycles. The number of likely N-dealkylation sites (tertiary alicyclic amines) is 1. The molecule has 1 aliphatic heterocycles. The van der Waals surface area contributed by atoms with Crippen LogP contribution in [0.2, 0.25) is 0 Å².